The van der Waals surface area contributed by atoms with Crippen LogP contribution in [0.3, 0.4) is 0 Å². The molecule has 0 saturated heterocycles. The number of hydrogen-bond acceptors (Lipinski definition) is 3. The Morgan fingerprint density at radius 3 is 2.59 bits per heavy atom. The second-order valence-electron chi connectivity index (χ2n) is 4.01. The average Bonchev–Trinajstić information content (AvgIpc) is 2.85. The largest absolute Gasteiger partial charge is 0.508 e. The number of nitrogens with one attached hydrogen (secondary N) is 1. The molecule has 2 aromatic rings. The van der Waals surface area contributed by atoms with Crippen molar-refractivity contribution in [2.24, 2.45) is 0 Å². The molecule has 0 aliphatic rings. The van der Waals surface area contributed by atoms with Crippen molar-refractivity contribution in [1.29, 1.82) is 0 Å². The van der Waals surface area contributed by atoms with Crippen molar-refractivity contribution >= 4 is 0 Å². The first kappa shape index (κ1) is 11.7. The van der Waals surface area contributed by atoms with Gasteiger partial charge in [-0.1, -0.05) is 19.1 Å². The maximum absolute atomic E-state index is 9.26. The van der Waals surface area contributed by atoms with Crippen LogP contribution in [0.4, 0.5) is 0 Å². The van der Waals surface area contributed by atoms with Gasteiger partial charge in [0.1, 0.15) is 11.5 Å². The Morgan fingerprint density at radius 2 is 2.00 bits per heavy atom. The minimum atomic E-state index is 0.278. The lowest BCUT2D eigenvalue weighted by atomic mass is 10.0. The SMILES string of the molecule is CCC(NCc1ccco1)c1ccc(O)cc1. The lowest BCUT2D eigenvalue weighted by molar-refractivity contribution is 0.442. The topological polar surface area (TPSA) is 45.4 Å². The van der Waals surface area contributed by atoms with Gasteiger partial charge >= 0.3 is 0 Å². The molecular weight excluding hydrogens is 214 g/mol. The van der Waals surface area contributed by atoms with Gasteiger partial charge in [0.05, 0.1) is 12.8 Å². The van der Waals surface area contributed by atoms with E-state index in [0.29, 0.717) is 12.3 Å². The van der Waals surface area contributed by atoms with E-state index in [9.17, 15) is 5.11 Å². The normalized spacial score (nSPS) is 12.5. The number of phenols is 1. The molecule has 0 radical (unpaired) electrons. The summed E-state index contributed by atoms with van der Waals surface area (Å²) in [6.07, 6.45) is 2.67. The number of aromatic hydroxyl groups is 1. The molecule has 3 heteroatoms. The van der Waals surface area contributed by atoms with E-state index in [4.69, 9.17) is 4.42 Å². The molecule has 1 unspecified atom stereocenters. The van der Waals surface area contributed by atoms with Crippen molar-refractivity contribution in [3.63, 3.8) is 0 Å². The summed E-state index contributed by atoms with van der Waals surface area (Å²) in [5.74, 6) is 1.23. The number of hydrogen-bond donors (Lipinski definition) is 2. The molecule has 2 rings (SSSR count). The molecule has 1 atom stereocenters. The van der Waals surface area contributed by atoms with Crippen LogP contribution in [0, 0.1) is 0 Å². The van der Waals surface area contributed by atoms with Gasteiger partial charge in [-0.2, -0.15) is 0 Å². The molecule has 17 heavy (non-hydrogen) atoms. The molecule has 0 fully saturated rings. The van der Waals surface area contributed by atoms with Crippen molar-refractivity contribution in [2.45, 2.75) is 25.9 Å². The van der Waals surface area contributed by atoms with Crippen LogP contribution < -0.4 is 5.32 Å². The predicted molar refractivity (Wildman–Crippen MR) is 66.7 cm³/mol. The molecule has 0 bridgehead atoms. The van der Waals surface area contributed by atoms with Crippen LogP contribution in [0.5, 0.6) is 5.75 Å². The molecule has 0 amide bonds. The zero-order valence-corrected chi connectivity index (χ0v) is 9.89. The van der Waals surface area contributed by atoms with Crippen LogP contribution in [0.2, 0.25) is 0 Å². The van der Waals surface area contributed by atoms with Gasteiger partial charge in [0, 0.05) is 6.04 Å². The summed E-state index contributed by atoms with van der Waals surface area (Å²) in [7, 11) is 0. The number of furan rings is 1. The molecule has 1 heterocycles. The second-order valence-corrected chi connectivity index (χ2v) is 4.01. The van der Waals surface area contributed by atoms with Gasteiger partial charge in [0.25, 0.3) is 0 Å². The summed E-state index contributed by atoms with van der Waals surface area (Å²) in [6.45, 7) is 2.85. The second kappa shape index (κ2) is 5.55. The van der Waals surface area contributed by atoms with Crippen LogP contribution in [0.1, 0.15) is 30.7 Å². The van der Waals surface area contributed by atoms with Crippen molar-refractivity contribution in [3.8, 4) is 5.75 Å². The quantitative estimate of drug-likeness (QED) is 0.830. The molecule has 90 valence electrons. The van der Waals surface area contributed by atoms with Gasteiger partial charge in [-0.05, 0) is 36.2 Å². The van der Waals surface area contributed by atoms with Crippen molar-refractivity contribution in [2.75, 3.05) is 0 Å². The highest BCUT2D eigenvalue weighted by Crippen LogP contribution is 2.19. The molecule has 3 nitrogen and oxygen atoms in total. The van der Waals surface area contributed by atoms with Crippen molar-refractivity contribution in [1.82, 2.24) is 5.32 Å². The standard InChI is InChI=1S/C14H17NO2/c1-2-14(11-5-7-12(16)8-6-11)15-10-13-4-3-9-17-13/h3-9,14-16H,2,10H2,1H3. The maximum atomic E-state index is 9.26. The summed E-state index contributed by atoms with van der Waals surface area (Å²) in [4.78, 5) is 0. The minimum absolute atomic E-state index is 0.278. The summed E-state index contributed by atoms with van der Waals surface area (Å²) in [5, 5.41) is 12.7. The first-order valence-electron chi connectivity index (χ1n) is 5.84. The molecule has 0 aliphatic heterocycles. The summed E-state index contributed by atoms with van der Waals surface area (Å²) >= 11 is 0. The molecule has 0 saturated carbocycles. The molecule has 0 aliphatic carbocycles. The predicted octanol–water partition coefficient (Wildman–Crippen LogP) is 3.23. The van der Waals surface area contributed by atoms with E-state index in [0.717, 1.165) is 12.2 Å². The number of phenolic OH excluding ortho intramolecular Hbond substituents is 1. The molecule has 1 aromatic heterocycles. The van der Waals surface area contributed by atoms with Gasteiger partial charge < -0.3 is 14.8 Å². The maximum Gasteiger partial charge on any atom is 0.117 e. The number of benzene rings is 1. The van der Waals surface area contributed by atoms with Gasteiger partial charge in [-0.25, -0.2) is 0 Å². The summed E-state index contributed by atoms with van der Waals surface area (Å²) < 4.78 is 5.28. The van der Waals surface area contributed by atoms with E-state index in [1.165, 1.54) is 5.56 Å². The third-order valence-electron chi connectivity index (χ3n) is 2.81. The van der Waals surface area contributed by atoms with E-state index in [2.05, 4.69) is 12.2 Å². The first-order chi connectivity index (χ1) is 8.29. The highest BCUT2D eigenvalue weighted by molar-refractivity contribution is 5.28. The highest BCUT2D eigenvalue weighted by atomic mass is 16.3. The monoisotopic (exact) mass is 231 g/mol. The molecular formula is C14H17NO2. The van der Waals surface area contributed by atoms with Crippen LogP contribution in [-0.2, 0) is 6.54 Å². The van der Waals surface area contributed by atoms with Crippen molar-refractivity contribution in [3.05, 3.63) is 54.0 Å². The fourth-order valence-electron chi connectivity index (χ4n) is 1.84. The molecule has 2 N–H and O–H groups in total. The Kier molecular flexibility index (Phi) is 3.83. The Bertz CT molecular complexity index is 434. The van der Waals surface area contributed by atoms with Crippen LogP contribution in [-0.4, -0.2) is 5.11 Å². The summed E-state index contributed by atoms with van der Waals surface area (Å²) in [5.41, 5.74) is 1.18. The fraction of sp³-hybridized carbons (Fsp3) is 0.286. The van der Waals surface area contributed by atoms with Crippen LogP contribution >= 0.6 is 0 Å². The lowest BCUT2D eigenvalue weighted by Crippen LogP contribution is -2.19. The Morgan fingerprint density at radius 1 is 1.24 bits per heavy atom. The van der Waals surface area contributed by atoms with Crippen molar-refractivity contribution < 1.29 is 9.52 Å². The van der Waals surface area contributed by atoms with E-state index < -0.39 is 0 Å². The minimum Gasteiger partial charge on any atom is -0.508 e. The first-order valence-corrected chi connectivity index (χ1v) is 5.84. The highest BCUT2D eigenvalue weighted by Gasteiger charge is 2.09. The number of rotatable bonds is 5. The lowest BCUT2D eigenvalue weighted by Gasteiger charge is -2.16. The van der Waals surface area contributed by atoms with E-state index in [1.54, 1.807) is 18.4 Å². The molecule has 1 aromatic carbocycles. The van der Waals surface area contributed by atoms with Gasteiger partial charge in [0.2, 0.25) is 0 Å². The van der Waals surface area contributed by atoms with Gasteiger partial charge in [0.15, 0.2) is 0 Å². The van der Waals surface area contributed by atoms with Gasteiger partial charge in [-0.3, -0.25) is 0 Å². The summed E-state index contributed by atoms with van der Waals surface area (Å²) in [6, 6.07) is 11.4. The van der Waals surface area contributed by atoms with E-state index in [-0.39, 0.29) is 6.04 Å². The molecule has 0 spiro atoms. The Balaban J connectivity index is 1.99. The third kappa shape index (κ3) is 3.11. The van der Waals surface area contributed by atoms with E-state index >= 15 is 0 Å². The van der Waals surface area contributed by atoms with Crippen LogP contribution in [0.25, 0.3) is 0 Å². The third-order valence-corrected chi connectivity index (χ3v) is 2.81. The Labute approximate surface area is 101 Å². The van der Waals surface area contributed by atoms with E-state index in [1.807, 2.05) is 24.3 Å². The van der Waals surface area contributed by atoms with Gasteiger partial charge in [-0.15, -0.1) is 0 Å². The van der Waals surface area contributed by atoms with Crippen LogP contribution in [0.15, 0.2) is 47.1 Å². The Hall–Kier alpha value is -1.74. The zero-order valence-electron chi connectivity index (χ0n) is 9.89. The fourth-order valence-corrected chi connectivity index (χ4v) is 1.84. The smallest absolute Gasteiger partial charge is 0.117 e. The zero-order chi connectivity index (χ0) is 12.1. The average molecular weight is 231 g/mol.